The highest BCUT2D eigenvalue weighted by molar-refractivity contribution is 6.33. The summed E-state index contributed by atoms with van der Waals surface area (Å²) < 4.78 is 5.11. The van der Waals surface area contributed by atoms with Crippen LogP contribution in [0.2, 0.25) is 5.02 Å². The number of urea groups is 1. The molecular weight excluding hydrogens is 432 g/mol. The number of methoxy groups -OCH3 is 1. The van der Waals surface area contributed by atoms with Crippen molar-refractivity contribution in [1.29, 1.82) is 0 Å². The van der Waals surface area contributed by atoms with Crippen LogP contribution < -0.4 is 10.1 Å². The van der Waals surface area contributed by atoms with Gasteiger partial charge in [0.05, 0.1) is 12.1 Å². The molecule has 4 saturated carbocycles. The fourth-order valence-electron chi connectivity index (χ4n) is 6.99. The molecule has 1 heterocycles. The van der Waals surface area contributed by atoms with Gasteiger partial charge in [-0.15, -0.1) is 0 Å². The number of barbiturate groups is 1. The monoisotopic (exact) mass is 458 g/mol. The minimum absolute atomic E-state index is 0.0368. The highest BCUT2D eigenvalue weighted by Crippen LogP contribution is 2.62. The van der Waals surface area contributed by atoms with Crippen LogP contribution in [0, 0.1) is 23.2 Å². The summed E-state index contributed by atoms with van der Waals surface area (Å²) in [5.74, 6) is 0.604. The smallest absolute Gasteiger partial charge is 0.331 e. The Morgan fingerprint density at radius 1 is 1.16 bits per heavy atom. The number of ether oxygens (including phenoxy) is 1. The average Bonchev–Trinajstić information content (AvgIpc) is 2.72. The van der Waals surface area contributed by atoms with E-state index in [2.05, 4.69) is 5.32 Å². The van der Waals surface area contributed by atoms with Crippen LogP contribution in [0.4, 0.5) is 4.79 Å². The summed E-state index contributed by atoms with van der Waals surface area (Å²) in [6, 6.07) is 1.98. The van der Waals surface area contributed by atoms with Gasteiger partial charge in [-0.1, -0.05) is 11.6 Å². The maximum Gasteiger partial charge on any atom is 0.331 e. The number of rotatable bonds is 4. The molecule has 6 rings (SSSR count). The molecule has 1 aromatic carbocycles. The molecular formula is C24H27ClN2O5. The van der Waals surface area contributed by atoms with Crippen molar-refractivity contribution in [3.8, 4) is 11.5 Å². The standard InChI is InChI=1S/C24H27ClN2O5/c1-12(24-9-14-3-15(10-24)5-16(4-14)11-24)27-22(30)17(21(29)26-23(27)31)6-13-7-18(25)20(28)19(8-13)32-2/h6-8,12,14-16,28H,3-5,9-11H2,1-2H3,(H,26,29,31)/b17-6+. The number of phenolic OH excluding ortho intramolecular Hbond substituents is 1. The number of nitrogens with zero attached hydrogens (tertiary/aromatic N) is 1. The Balaban J connectivity index is 1.48. The van der Waals surface area contributed by atoms with Gasteiger partial charge in [-0.3, -0.25) is 19.8 Å². The van der Waals surface area contributed by atoms with E-state index in [1.165, 1.54) is 49.5 Å². The summed E-state index contributed by atoms with van der Waals surface area (Å²) in [5.41, 5.74) is 0.211. The topological polar surface area (TPSA) is 95.9 Å². The van der Waals surface area contributed by atoms with E-state index < -0.39 is 17.8 Å². The summed E-state index contributed by atoms with van der Waals surface area (Å²) >= 11 is 6.06. The summed E-state index contributed by atoms with van der Waals surface area (Å²) in [7, 11) is 1.38. The predicted octanol–water partition coefficient (Wildman–Crippen LogP) is 4.12. The Morgan fingerprint density at radius 3 is 2.31 bits per heavy atom. The van der Waals surface area contributed by atoms with E-state index in [4.69, 9.17) is 16.3 Å². The second-order valence-electron chi connectivity index (χ2n) is 10.0. The van der Waals surface area contributed by atoms with E-state index in [0.29, 0.717) is 23.3 Å². The first-order valence-electron chi connectivity index (χ1n) is 11.2. The average molecular weight is 459 g/mol. The third-order valence-corrected chi connectivity index (χ3v) is 8.36. The van der Waals surface area contributed by atoms with Gasteiger partial charge < -0.3 is 9.84 Å². The molecule has 0 radical (unpaired) electrons. The first-order chi connectivity index (χ1) is 15.2. The molecule has 8 heteroatoms. The lowest BCUT2D eigenvalue weighted by atomic mass is 9.47. The number of hydrogen-bond donors (Lipinski definition) is 2. The van der Waals surface area contributed by atoms with E-state index in [9.17, 15) is 19.5 Å². The predicted molar refractivity (Wildman–Crippen MR) is 118 cm³/mol. The summed E-state index contributed by atoms with van der Waals surface area (Å²) in [5, 5.41) is 12.3. The second-order valence-corrected chi connectivity index (χ2v) is 10.4. The lowest BCUT2D eigenvalue weighted by molar-refractivity contribution is -0.139. The van der Waals surface area contributed by atoms with Crippen LogP contribution in [0.3, 0.4) is 0 Å². The number of hydrogen-bond acceptors (Lipinski definition) is 5. The molecule has 0 aromatic heterocycles. The molecule has 1 aliphatic heterocycles. The first kappa shape index (κ1) is 21.3. The van der Waals surface area contributed by atoms with Crippen molar-refractivity contribution < 1.29 is 24.2 Å². The van der Waals surface area contributed by atoms with Crippen molar-refractivity contribution in [2.24, 2.45) is 23.2 Å². The van der Waals surface area contributed by atoms with Crippen LogP contribution >= 0.6 is 11.6 Å². The molecule has 1 aromatic rings. The largest absolute Gasteiger partial charge is 0.503 e. The van der Waals surface area contributed by atoms with Crippen molar-refractivity contribution in [3.63, 3.8) is 0 Å². The van der Waals surface area contributed by atoms with Crippen molar-refractivity contribution in [3.05, 3.63) is 28.3 Å². The normalized spacial score (nSPS) is 33.6. The summed E-state index contributed by atoms with van der Waals surface area (Å²) in [4.78, 5) is 40.1. The Kier molecular flexibility index (Phi) is 5.00. The molecule has 32 heavy (non-hydrogen) atoms. The Morgan fingerprint density at radius 2 is 1.75 bits per heavy atom. The summed E-state index contributed by atoms with van der Waals surface area (Å²) in [6.07, 6.45) is 8.29. The molecule has 1 unspecified atom stereocenters. The van der Waals surface area contributed by atoms with Gasteiger partial charge in [-0.2, -0.15) is 0 Å². The number of carbonyl (C=O) groups excluding carboxylic acids is 3. The van der Waals surface area contributed by atoms with Gasteiger partial charge in [-0.25, -0.2) is 4.79 Å². The Hall–Kier alpha value is -2.54. The van der Waals surface area contributed by atoms with Crippen LogP contribution in [0.15, 0.2) is 17.7 Å². The highest BCUT2D eigenvalue weighted by Gasteiger charge is 2.56. The Bertz CT molecular complexity index is 1010. The van der Waals surface area contributed by atoms with Crippen molar-refractivity contribution >= 4 is 35.5 Å². The van der Waals surface area contributed by atoms with Crippen LogP contribution in [-0.4, -0.2) is 41.0 Å². The first-order valence-corrected chi connectivity index (χ1v) is 11.6. The fourth-order valence-corrected chi connectivity index (χ4v) is 7.20. The molecule has 7 nitrogen and oxygen atoms in total. The van der Waals surface area contributed by atoms with Gasteiger partial charge in [0, 0.05) is 6.04 Å². The van der Waals surface area contributed by atoms with Gasteiger partial charge in [0.1, 0.15) is 5.57 Å². The van der Waals surface area contributed by atoms with Crippen molar-refractivity contribution in [2.45, 2.75) is 51.5 Å². The van der Waals surface area contributed by atoms with Crippen molar-refractivity contribution in [1.82, 2.24) is 10.2 Å². The molecule has 5 aliphatic rings. The maximum absolute atomic E-state index is 13.5. The zero-order valence-corrected chi connectivity index (χ0v) is 18.9. The molecule has 4 aliphatic carbocycles. The van der Waals surface area contributed by atoms with Crippen LogP contribution in [0.25, 0.3) is 6.08 Å². The van der Waals surface area contributed by atoms with Crippen LogP contribution in [-0.2, 0) is 9.59 Å². The third kappa shape index (κ3) is 3.29. The van der Waals surface area contributed by atoms with E-state index in [0.717, 1.165) is 19.3 Å². The number of aromatic hydroxyl groups is 1. The second kappa shape index (κ2) is 7.51. The number of nitrogens with one attached hydrogen (secondary N) is 1. The van der Waals surface area contributed by atoms with Gasteiger partial charge in [-0.05, 0) is 92.4 Å². The SMILES string of the molecule is COc1cc(/C=C2\C(=O)NC(=O)N(C(C)C34CC5CC(CC(C5)C3)C4)C2=O)cc(Cl)c1O. The molecule has 5 fully saturated rings. The zero-order chi connectivity index (χ0) is 22.8. The number of halogens is 1. The number of benzene rings is 1. The van der Waals surface area contributed by atoms with E-state index >= 15 is 0 Å². The lowest BCUT2D eigenvalue weighted by Gasteiger charge is -2.60. The molecule has 1 atom stereocenters. The fraction of sp³-hybridized carbons (Fsp3) is 0.542. The molecule has 170 valence electrons. The maximum atomic E-state index is 13.5. The van der Waals surface area contributed by atoms with Crippen LogP contribution in [0.5, 0.6) is 11.5 Å². The van der Waals surface area contributed by atoms with E-state index in [1.807, 2.05) is 6.92 Å². The molecule has 4 bridgehead atoms. The summed E-state index contributed by atoms with van der Waals surface area (Å²) in [6.45, 7) is 1.96. The van der Waals surface area contributed by atoms with Crippen LogP contribution in [0.1, 0.15) is 51.0 Å². The highest BCUT2D eigenvalue weighted by atomic mass is 35.5. The molecule has 4 amide bonds. The van der Waals surface area contributed by atoms with Gasteiger partial charge >= 0.3 is 6.03 Å². The number of imide groups is 2. The van der Waals surface area contributed by atoms with E-state index in [-0.39, 0.29) is 33.6 Å². The lowest BCUT2D eigenvalue weighted by Crippen LogP contribution is -2.63. The molecule has 0 spiro atoms. The Labute approximate surface area is 191 Å². The minimum atomic E-state index is -0.739. The minimum Gasteiger partial charge on any atom is -0.503 e. The van der Waals surface area contributed by atoms with E-state index in [1.54, 1.807) is 0 Å². The van der Waals surface area contributed by atoms with Gasteiger partial charge in [0.25, 0.3) is 11.8 Å². The number of amides is 4. The van der Waals surface area contributed by atoms with Crippen molar-refractivity contribution in [2.75, 3.05) is 7.11 Å². The number of carbonyl (C=O) groups is 3. The van der Waals surface area contributed by atoms with Gasteiger partial charge in [0.15, 0.2) is 11.5 Å². The number of phenols is 1. The molecule has 2 N–H and O–H groups in total. The zero-order valence-electron chi connectivity index (χ0n) is 18.2. The quantitative estimate of drug-likeness (QED) is 0.522. The third-order valence-electron chi connectivity index (χ3n) is 8.07. The van der Waals surface area contributed by atoms with Gasteiger partial charge in [0.2, 0.25) is 0 Å². The molecule has 1 saturated heterocycles.